The molecule has 0 amide bonds. The summed E-state index contributed by atoms with van der Waals surface area (Å²) in [5, 5.41) is 24.6. The molecule has 0 aliphatic heterocycles. The molecule has 0 saturated carbocycles. The summed E-state index contributed by atoms with van der Waals surface area (Å²) in [6.45, 7) is 6.88. The Kier molecular flexibility index (Phi) is 8.21. The van der Waals surface area contributed by atoms with Crippen molar-refractivity contribution in [1.29, 1.82) is 0 Å². The highest BCUT2D eigenvalue weighted by Gasteiger charge is 2.25. The van der Waals surface area contributed by atoms with Gasteiger partial charge >= 0.3 is 11.9 Å². The van der Waals surface area contributed by atoms with Crippen molar-refractivity contribution in [2.75, 3.05) is 13.6 Å². The van der Waals surface area contributed by atoms with E-state index in [9.17, 15) is 14.8 Å². The molecule has 1 unspecified atom stereocenters. The van der Waals surface area contributed by atoms with E-state index >= 15 is 0 Å². The summed E-state index contributed by atoms with van der Waals surface area (Å²) in [6, 6.07) is 0. The van der Waals surface area contributed by atoms with Crippen molar-refractivity contribution in [3.63, 3.8) is 0 Å². The number of unbranched alkanes of at least 4 members (excludes halogenated alkanes) is 1. The molecule has 0 saturated heterocycles. The molecule has 0 spiro atoms. The standard InChI is InChI=1S/C13H25N3O6/c1-10(21-12(19)13(2,3)4)22-14-16(20)15(5)9-7-6-8-11(17)18/h10H,6-9H2,1-5H3,(H,17,18)/b16-14-. The second-order valence-electron chi connectivity index (χ2n) is 5.89. The average molecular weight is 319 g/mol. The molecule has 0 rings (SSSR count). The van der Waals surface area contributed by atoms with Crippen LogP contribution in [0, 0.1) is 10.6 Å². The first-order valence-electron chi connectivity index (χ1n) is 7.02. The maximum absolute atomic E-state index is 11.6. The maximum atomic E-state index is 11.6. The number of carbonyl (C=O) groups excluding carboxylic acids is 1. The van der Waals surface area contributed by atoms with Crippen LogP contribution in [0.25, 0.3) is 0 Å². The number of esters is 1. The van der Waals surface area contributed by atoms with E-state index in [1.165, 1.54) is 19.0 Å². The molecule has 0 aromatic carbocycles. The first-order valence-corrected chi connectivity index (χ1v) is 7.02. The Morgan fingerprint density at radius 1 is 1.36 bits per heavy atom. The quantitative estimate of drug-likeness (QED) is 0.172. The fraction of sp³-hybridized carbons (Fsp3) is 0.846. The smallest absolute Gasteiger partial charge is 0.314 e. The molecule has 0 aromatic rings. The molecule has 0 bridgehead atoms. The summed E-state index contributed by atoms with van der Waals surface area (Å²) in [7, 11) is 1.49. The van der Waals surface area contributed by atoms with Crippen molar-refractivity contribution >= 4 is 11.9 Å². The molecule has 0 heterocycles. The predicted octanol–water partition coefficient (Wildman–Crippen LogP) is 1.92. The Labute approximate surface area is 130 Å². The zero-order chi connectivity index (χ0) is 17.3. The van der Waals surface area contributed by atoms with Crippen molar-refractivity contribution in [1.82, 2.24) is 5.01 Å². The number of hydrogen-bond acceptors (Lipinski definition) is 6. The number of carboxylic acids is 1. The van der Waals surface area contributed by atoms with Crippen molar-refractivity contribution in [3.8, 4) is 0 Å². The largest absolute Gasteiger partial charge is 0.569 e. The number of carbonyl (C=O) groups is 2. The minimum atomic E-state index is -0.983. The molecular formula is C13H25N3O6. The zero-order valence-electron chi connectivity index (χ0n) is 13.7. The lowest BCUT2D eigenvalue weighted by atomic mass is 9.97. The summed E-state index contributed by atoms with van der Waals surface area (Å²) < 4.78 is 4.97. The van der Waals surface area contributed by atoms with Gasteiger partial charge in [0.15, 0.2) is 0 Å². The van der Waals surface area contributed by atoms with Crippen LogP contribution in [-0.4, -0.2) is 46.9 Å². The lowest BCUT2D eigenvalue weighted by Gasteiger charge is -2.19. The Morgan fingerprint density at radius 3 is 2.45 bits per heavy atom. The average Bonchev–Trinajstić information content (AvgIpc) is 2.39. The third kappa shape index (κ3) is 8.98. The Morgan fingerprint density at radius 2 is 1.95 bits per heavy atom. The molecule has 9 heteroatoms. The number of hydrogen-bond donors (Lipinski definition) is 1. The van der Waals surface area contributed by atoms with Crippen LogP contribution in [-0.2, 0) is 19.2 Å². The molecule has 1 atom stereocenters. The first-order chi connectivity index (χ1) is 10.0. The van der Waals surface area contributed by atoms with Crippen LogP contribution in [0.5, 0.6) is 0 Å². The van der Waals surface area contributed by atoms with E-state index in [1.807, 2.05) is 0 Å². The summed E-state index contributed by atoms with van der Waals surface area (Å²) in [5.74, 6) is -1.33. The van der Waals surface area contributed by atoms with Gasteiger partial charge in [0, 0.05) is 13.3 Å². The van der Waals surface area contributed by atoms with Crippen LogP contribution in [0.3, 0.4) is 0 Å². The fourth-order valence-electron chi connectivity index (χ4n) is 1.22. The highest BCUT2D eigenvalue weighted by atomic mass is 16.8. The van der Waals surface area contributed by atoms with Gasteiger partial charge in [-0.25, -0.2) is 0 Å². The van der Waals surface area contributed by atoms with Gasteiger partial charge in [-0.3, -0.25) is 14.4 Å². The van der Waals surface area contributed by atoms with Crippen molar-refractivity contribution in [3.05, 3.63) is 5.21 Å². The van der Waals surface area contributed by atoms with Crippen molar-refractivity contribution in [2.45, 2.75) is 53.2 Å². The molecule has 0 aromatic heterocycles. The number of rotatable bonds is 9. The second-order valence-corrected chi connectivity index (χ2v) is 5.89. The molecule has 0 fully saturated rings. The first kappa shape index (κ1) is 19.9. The number of aliphatic carboxylic acids is 1. The Bertz CT molecular complexity index is 405. The fourth-order valence-corrected chi connectivity index (χ4v) is 1.22. The SMILES string of the molecule is CC(O/N=[N+](\[O-])N(C)CCCCC(=O)O)OC(=O)C(C)(C)C. The molecule has 1 N–H and O–H groups in total. The zero-order valence-corrected chi connectivity index (χ0v) is 13.7. The van der Waals surface area contributed by atoms with Crippen LogP contribution in [0.4, 0.5) is 0 Å². The van der Waals surface area contributed by atoms with E-state index in [0.29, 0.717) is 19.4 Å². The molecule has 128 valence electrons. The van der Waals surface area contributed by atoms with Gasteiger partial charge in [-0.05, 0) is 33.6 Å². The number of carboxylic acid groups (broad SMARTS) is 1. The highest BCUT2D eigenvalue weighted by Crippen LogP contribution is 2.16. The van der Waals surface area contributed by atoms with E-state index in [4.69, 9.17) is 14.7 Å². The van der Waals surface area contributed by atoms with E-state index in [-0.39, 0.29) is 11.4 Å². The highest BCUT2D eigenvalue weighted by molar-refractivity contribution is 5.75. The summed E-state index contributed by atoms with van der Waals surface area (Å²) in [6.07, 6.45) is 0.0725. The van der Waals surface area contributed by atoms with Gasteiger partial charge in [0.25, 0.3) is 6.29 Å². The van der Waals surface area contributed by atoms with E-state index in [2.05, 4.69) is 5.28 Å². The van der Waals surface area contributed by atoms with Crippen LogP contribution in [0.1, 0.15) is 47.0 Å². The van der Waals surface area contributed by atoms with Gasteiger partial charge < -0.3 is 15.1 Å². The minimum Gasteiger partial charge on any atom is -0.569 e. The molecule has 0 aliphatic rings. The minimum absolute atomic E-state index is 0.0557. The topological polar surface area (TPSA) is 114 Å². The van der Waals surface area contributed by atoms with Gasteiger partial charge in [-0.1, -0.05) is 0 Å². The van der Waals surface area contributed by atoms with Gasteiger partial charge in [-0.2, -0.15) is 0 Å². The normalized spacial score (nSPS) is 13.4. The Hall–Kier alpha value is -2.06. The number of hydrazine groups is 1. The third-order valence-electron chi connectivity index (χ3n) is 2.57. The number of ether oxygens (including phenoxy) is 1. The van der Waals surface area contributed by atoms with Gasteiger partial charge in [-0.15, -0.1) is 5.01 Å². The monoisotopic (exact) mass is 319 g/mol. The molecule has 9 nitrogen and oxygen atoms in total. The van der Waals surface area contributed by atoms with Crippen LogP contribution in [0.2, 0.25) is 0 Å². The summed E-state index contributed by atoms with van der Waals surface area (Å²) in [4.78, 5) is 27.0. The Balaban J connectivity index is 4.14. The van der Waals surface area contributed by atoms with Gasteiger partial charge in [0.2, 0.25) is 5.28 Å². The molecule has 0 aliphatic carbocycles. The van der Waals surface area contributed by atoms with Crippen molar-refractivity contribution in [2.24, 2.45) is 10.7 Å². The molecule has 22 heavy (non-hydrogen) atoms. The predicted molar refractivity (Wildman–Crippen MR) is 76.3 cm³/mol. The van der Waals surface area contributed by atoms with Gasteiger partial charge in [0.1, 0.15) is 0 Å². The van der Waals surface area contributed by atoms with E-state index in [1.54, 1.807) is 20.8 Å². The number of nitrogens with zero attached hydrogens (tertiary/aromatic N) is 3. The van der Waals surface area contributed by atoms with Crippen molar-refractivity contribution < 1.29 is 29.2 Å². The second kappa shape index (κ2) is 9.06. The molecular weight excluding hydrogens is 294 g/mol. The third-order valence-corrected chi connectivity index (χ3v) is 2.57. The van der Waals surface area contributed by atoms with Crippen LogP contribution in [0.15, 0.2) is 5.28 Å². The maximum Gasteiger partial charge on any atom is 0.314 e. The van der Waals surface area contributed by atoms with Crippen LogP contribution >= 0.6 is 0 Å². The summed E-state index contributed by atoms with van der Waals surface area (Å²) >= 11 is 0. The summed E-state index contributed by atoms with van der Waals surface area (Å²) in [5.41, 5.74) is -0.671. The van der Waals surface area contributed by atoms with Gasteiger partial charge in [0.05, 0.1) is 24.0 Å². The molecule has 0 radical (unpaired) electrons. The van der Waals surface area contributed by atoms with E-state index < -0.39 is 23.6 Å². The lowest BCUT2D eigenvalue weighted by Crippen LogP contribution is -2.30. The van der Waals surface area contributed by atoms with E-state index in [0.717, 1.165) is 0 Å². The lowest BCUT2D eigenvalue weighted by molar-refractivity contribution is -0.707. The van der Waals surface area contributed by atoms with Crippen LogP contribution < -0.4 is 0 Å².